The van der Waals surface area contributed by atoms with E-state index in [1.165, 1.54) is 0 Å². The van der Waals surface area contributed by atoms with Crippen LogP contribution in [0.15, 0.2) is 0 Å². The lowest BCUT2D eigenvalue weighted by Gasteiger charge is -2.58. The predicted molar refractivity (Wildman–Crippen MR) is 138 cm³/mol. The van der Waals surface area contributed by atoms with Crippen LogP contribution in [0.5, 0.6) is 0 Å². The van der Waals surface area contributed by atoms with Gasteiger partial charge in [0.15, 0.2) is 14.1 Å². The standard InChI is InChI=1S/C28H52O5Si/c1-25(2,3)34(6,7)33-21-8-12-26(4,20(18-21)11-15-29)23-9-13-27(5)24(22(23)19-30)10-14-28(27)31-16-17-32-28/h20-24,29-30H,8-19H2,1-7H3/t20-,21-,22+,23?,24?,26-,27-/m0/s1. The van der Waals surface area contributed by atoms with Gasteiger partial charge in [-0.25, -0.2) is 0 Å². The van der Waals surface area contributed by atoms with E-state index in [1.54, 1.807) is 0 Å². The van der Waals surface area contributed by atoms with Crippen molar-refractivity contribution in [1.29, 1.82) is 0 Å². The van der Waals surface area contributed by atoms with Gasteiger partial charge in [0, 0.05) is 31.2 Å². The molecular formula is C28H52O5Si. The van der Waals surface area contributed by atoms with Crippen molar-refractivity contribution in [3.63, 3.8) is 0 Å². The zero-order chi connectivity index (χ0) is 25.0. The van der Waals surface area contributed by atoms with E-state index in [-0.39, 0.29) is 35.0 Å². The van der Waals surface area contributed by atoms with Crippen molar-refractivity contribution >= 4 is 8.32 Å². The molecule has 1 heterocycles. The van der Waals surface area contributed by atoms with Crippen LogP contribution in [0.4, 0.5) is 0 Å². The molecule has 198 valence electrons. The fraction of sp³-hybridized carbons (Fsp3) is 1.00. The molecule has 4 fully saturated rings. The lowest BCUT2D eigenvalue weighted by molar-refractivity contribution is -0.245. The fourth-order valence-corrected chi connectivity index (χ4v) is 9.82. The molecule has 6 heteroatoms. The van der Waals surface area contributed by atoms with Gasteiger partial charge in [0.2, 0.25) is 0 Å². The van der Waals surface area contributed by atoms with Crippen molar-refractivity contribution in [2.24, 2.45) is 34.5 Å². The van der Waals surface area contributed by atoms with Gasteiger partial charge in [-0.15, -0.1) is 0 Å². The third kappa shape index (κ3) is 4.26. The van der Waals surface area contributed by atoms with Crippen LogP contribution in [0, 0.1) is 34.5 Å². The Morgan fingerprint density at radius 1 is 0.941 bits per heavy atom. The van der Waals surface area contributed by atoms with Gasteiger partial charge in [0.25, 0.3) is 0 Å². The molecular weight excluding hydrogens is 444 g/mol. The average Bonchev–Trinajstić information content (AvgIpc) is 3.35. The molecule has 1 aliphatic heterocycles. The fourth-order valence-electron chi connectivity index (χ4n) is 8.42. The van der Waals surface area contributed by atoms with Crippen molar-refractivity contribution in [1.82, 2.24) is 0 Å². The Balaban J connectivity index is 1.54. The molecule has 2 unspecified atom stereocenters. The summed E-state index contributed by atoms with van der Waals surface area (Å²) in [6, 6.07) is 0. The van der Waals surface area contributed by atoms with E-state index >= 15 is 0 Å². The summed E-state index contributed by atoms with van der Waals surface area (Å²) in [4.78, 5) is 0. The molecule has 2 N–H and O–H groups in total. The monoisotopic (exact) mass is 496 g/mol. The number of hydrogen-bond acceptors (Lipinski definition) is 5. The van der Waals surface area contributed by atoms with E-state index in [0.29, 0.717) is 37.1 Å². The highest BCUT2D eigenvalue weighted by atomic mass is 28.4. The molecule has 0 aromatic rings. The van der Waals surface area contributed by atoms with E-state index < -0.39 is 14.1 Å². The van der Waals surface area contributed by atoms with Crippen LogP contribution < -0.4 is 0 Å². The maximum absolute atomic E-state index is 10.8. The first-order chi connectivity index (χ1) is 15.8. The summed E-state index contributed by atoms with van der Waals surface area (Å²) >= 11 is 0. The molecule has 34 heavy (non-hydrogen) atoms. The van der Waals surface area contributed by atoms with Gasteiger partial charge in [-0.05, 0) is 92.2 Å². The number of ether oxygens (including phenoxy) is 2. The Kier molecular flexibility index (Phi) is 7.48. The molecule has 3 saturated carbocycles. The summed E-state index contributed by atoms with van der Waals surface area (Å²) < 4.78 is 19.4. The Morgan fingerprint density at radius 3 is 2.18 bits per heavy atom. The van der Waals surface area contributed by atoms with Crippen LogP contribution >= 0.6 is 0 Å². The first-order valence-electron chi connectivity index (χ1n) is 14.0. The van der Waals surface area contributed by atoms with E-state index in [4.69, 9.17) is 13.9 Å². The van der Waals surface area contributed by atoms with Gasteiger partial charge in [-0.2, -0.15) is 0 Å². The third-order valence-electron chi connectivity index (χ3n) is 11.5. The van der Waals surface area contributed by atoms with Crippen LogP contribution in [0.2, 0.25) is 18.1 Å². The van der Waals surface area contributed by atoms with Crippen LogP contribution in [0.3, 0.4) is 0 Å². The molecule has 1 spiro atoms. The molecule has 7 atom stereocenters. The molecule has 0 amide bonds. The van der Waals surface area contributed by atoms with Gasteiger partial charge >= 0.3 is 0 Å². The number of rotatable bonds is 6. The quantitative estimate of drug-likeness (QED) is 0.459. The minimum atomic E-state index is -1.83. The maximum Gasteiger partial charge on any atom is 0.192 e. The minimum absolute atomic E-state index is 0.0150. The molecule has 4 aliphatic rings. The molecule has 0 radical (unpaired) electrons. The van der Waals surface area contributed by atoms with Gasteiger partial charge in [0.1, 0.15) is 0 Å². The number of aliphatic hydroxyl groups excluding tert-OH is 2. The summed E-state index contributed by atoms with van der Waals surface area (Å²) in [5, 5.41) is 21.0. The molecule has 4 rings (SSSR count). The predicted octanol–water partition coefficient (Wildman–Crippen LogP) is 5.74. The molecule has 1 saturated heterocycles. The number of aliphatic hydroxyl groups is 2. The zero-order valence-electron chi connectivity index (χ0n) is 23.0. The van der Waals surface area contributed by atoms with Crippen molar-refractivity contribution in [2.75, 3.05) is 26.4 Å². The van der Waals surface area contributed by atoms with Gasteiger partial charge < -0.3 is 24.1 Å². The Hall–Kier alpha value is 0.0169. The molecule has 3 aliphatic carbocycles. The van der Waals surface area contributed by atoms with E-state index in [2.05, 4.69) is 47.7 Å². The van der Waals surface area contributed by atoms with E-state index in [9.17, 15) is 10.2 Å². The summed E-state index contributed by atoms with van der Waals surface area (Å²) in [7, 11) is -1.83. The zero-order valence-corrected chi connectivity index (χ0v) is 24.0. The Morgan fingerprint density at radius 2 is 1.59 bits per heavy atom. The Bertz CT molecular complexity index is 714. The van der Waals surface area contributed by atoms with Crippen molar-refractivity contribution in [3.05, 3.63) is 0 Å². The second kappa shape index (κ2) is 9.40. The summed E-state index contributed by atoms with van der Waals surface area (Å²) in [6.07, 6.45) is 8.63. The third-order valence-corrected chi connectivity index (χ3v) is 16.1. The first kappa shape index (κ1) is 27.1. The summed E-state index contributed by atoms with van der Waals surface area (Å²) in [5.74, 6) is 1.17. The van der Waals surface area contributed by atoms with E-state index in [1.807, 2.05) is 0 Å². The lowest BCUT2D eigenvalue weighted by atomic mass is 9.49. The second-order valence-electron chi connectivity index (χ2n) is 14.0. The summed E-state index contributed by atoms with van der Waals surface area (Å²) in [6.45, 7) is 18.4. The highest BCUT2D eigenvalue weighted by Gasteiger charge is 2.66. The van der Waals surface area contributed by atoms with Gasteiger partial charge in [-0.1, -0.05) is 34.6 Å². The SMILES string of the molecule is CC(C)(C)[Si](C)(C)O[C@H]1CC[C@](C)(C2CC[C@@]3(C)C(CCC34OCCO4)[C@@H]2CO)[C@@H](CCO)C1. The lowest BCUT2D eigenvalue weighted by Crippen LogP contribution is -2.56. The molecule has 0 aromatic carbocycles. The van der Waals surface area contributed by atoms with Crippen molar-refractivity contribution in [2.45, 2.75) is 116 Å². The van der Waals surface area contributed by atoms with Crippen molar-refractivity contribution in [3.8, 4) is 0 Å². The Labute approximate surface area is 209 Å². The molecule has 0 aromatic heterocycles. The van der Waals surface area contributed by atoms with Crippen LogP contribution in [-0.2, 0) is 13.9 Å². The second-order valence-corrected chi connectivity index (χ2v) is 18.7. The molecule has 0 bridgehead atoms. The highest BCUT2D eigenvalue weighted by molar-refractivity contribution is 6.74. The van der Waals surface area contributed by atoms with Crippen LogP contribution in [0.1, 0.15) is 86.0 Å². The summed E-state index contributed by atoms with van der Waals surface area (Å²) in [5.41, 5.74) is 0.108. The minimum Gasteiger partial charge on any atom is -0.414 e. The van der Waals surface area contributed by atoms with Gasteiger partial charge in [0.05, 0.1) is 13.2 Å². The van der Waals surface area contributed by atoms with Crippen LogP contribution in [-0.4, -0.2) is 56.8 Å². The number of hydrogen-bond donors (Lipinski definition) is 2. The largest absolute Gasteiger partial charge is 0.414 e. The average molecular weight is 497 g/mol. The van der Waals surface area contributed by atoms with Crippen LogP contribution in [0.25, 0.3) is 0 Å². The molecule has 5 nitrogen and oxygen atoms in total. The van der Waals surface area contributed by atoms with Gasteiger partial charge in [-0.3, -0.25) is 0 Å². The first-order valence-corrected chi connectivity index (χ1v) is 16.9. The maximum atomic E-state index is 10.8. The normalized spacial score (nSPS) is 42.8. The van der Waals surface area contributed by atoms with Crippen molar-refractivity contribution < 1.29 is 24.1 Å². The number of fused-ring (bicyclic) bond motifs is 2. The van der Waals surface area contributed by atoms with E-state index in [0.717, 1.165) is 51.4 Å². The smallest absolute Gasteiger partial charge is 0.192 e. The topological polar surface area (TPSA) is 68.2 Å². The highest BCUT2D eigenvalue weighted by Crippen LogP contribution is 2.67.